The van der Waals surface area contributed by atoms with Crippen molar-refractivity contribution in [1.29, 1.82) is 0 Å². The van der Waals surface area contributed by atoms with Crippen molar-refractivity contribution in [1.82, 2.24) is 0 Å². The van der Waals surface area contributed by atoms with Crippen LogP contribution in [0.5, 0.6) is 5.75 Å². The summed E-state index contributed by atoms with van der Waals surface area (Å²) in [7, 11) is 1.55. The standard InChI is InChI=1S/C8H10ClNO.C2H6/c1-5-3-4-6(10)8(11-2)7(5)9;1-2/h3-4H,10H2,1-2H3;1-2H3. The predicted octanol–water partition coefficient (Wildman–Crippen LogP) is 3.27. The lowest BCUT2D eigenvalue weighted by molar-refractivity contribution is 0.417. The molecule has 0 aromatic heterocycles. The van der Waals surface area contributed by atoms with Gasteiger partial charge in [-0.05, 0) is 18.6 Å². The van der Waals surface area contributed by atoms with Crippen molar-refractivity contribution in [2.75, 3.05) is 12.8 Å². The molecule has 1 aromatic carbocycles. The van der Waals surface area contributed by atoms with E-state index in [0.29, 0.717) is 16.5 Å². The fourth-order valence-electron chi connectivity index (χ4n) is 0.877. The Labute approximate surface area is 84.7 Å². The highest BCUT2D eigenvalue weighted by Gasteiger charge is 2.06. The molecule has 0 aliphatic heterocycles. The van der Waals surface area contributed by atoms with Crippen molar-refractivity contribution in [3.05, 3.63) is 22.7 Å². The minimum Gasteiger partial charge on any atom is -0.493 e. The second-order valence-electron chi connectivity index (χ2n) is 2.32. The quantitative estimate of drug-likeness (QED) is 0.708. The summed E-state index contributed by atoms with van der Waals surface area (Å²) >= 11 is 5.89. The number of methoxy groups -OCH3 is 1. The molecule has 74 valence electrons. The van der Waals surface area contributed by atoms with Crippen LogP contribution in [0, 0.1) is 6.92 Å². The highest BCUT2D eigenvalue weighted by atomic mass is 35.5. The van der Waals surface area contributed by atoms with E-state index in [1.165, 1.54) is 0 Å². The number of benzene rings is 1. The van der Waals surface area contributed by atoms with E-state index >= 15 is 0 Å². The predicted molar refractivity (Wildman–Crippen MR) is 58.5 cm³/mol. The third-order valence-corrected chi connectivity index (χ3v) is 1.99. The zero-order valence-corrected chi connectivity index (χ0v) is 9.27. The molecule has 3 heteroatoms. The molecule has 0 aliphatic carbocycles. The summed E-state index contributed by atoms with van der Waals surface area (Å²) in [4.78, 5) is 0. The van der Waals surface area contributed by atoms with Gasteiger partial charge in [-0.25, -0.2) is 0 Å². The highest BCUT2D eigenvalue weighted by molar-refractivity contribution is 6.33. The van der Waals surface area contributed by atoms with Crippen LogP contribution < -0.4 is 10.5 Å². The van der Waals surface area contributed by atoms with Gasteiger partial charge in [0.05, 0.1) is 17.8 Å². The Morgan fingerprint density at radius 3 is 2.23 bits per heavy atom. The van der Waals surface area contributed by atoms with Gasteiger partial charge in [0.25, 0.3) is 0 Å². The first kappa shape index (κ1) is 12.1. The maximum atomic E-state index is 5.89. The van der Waals surface area contributed by atoms with Crippen molar-refractivity contribution in [2.24, 2.45) is 0 Å². The Kier molecular flexibility index (Phi) is 5.31. The van der Waals surface area contributed by atoms with Crippen LogP contribution in [-0.2, 0) is 0 Å². The summed E-state index contributed by atoms with van der Waals surface area (Å²) in [6.07, 6.45) is 0. The SMILES string of the molecule is CC.COc1c(N)ccc(C)c1Cl. The number of halogens is 1. The highest BCUT2D eigenvalue weighted by Crippen LogP contribution is 2.32. The minimum atomic E-state index is 0.562. The lowest BCUT2D eigenvalue weighted by Gasteiger charge is -2.07. The van der Waals surface area contributed by atoms with E-state index in [4.69, 9.17) is 22.1 Å². The number of hydrogen-bond donors (Lipinski definition) is 1. The van der Waals surface area contributed by atoms with Crippen molar-refractivity contribution < 1.29 is 4.74 Å². The van der Waals surface area contributed by atoms with E-state index < -0.39 is 0 Å². The molecule has 2 N–H and O–H groups in total. The molecule has 0 heterocycles. The van der Waals surface area contributed by atoms with Crippen LogP contribution in [0.4, 0.5) is 5.69 Å². The van der Waals surface area contributed by atoms with E-state index in [1.54, 1.807) is 13.2 Å². The largest absolute Gasteiger partial charge is 0.493 e. The average Bonchev–Trinajstić information content (AvgIpc) is 2.16. The number of hydrogen-bond acceptors (Lipinski definition) is 2. The molecule has 2 nitrogen and oxygen atoms in total. The van der Waals surface area contributed by atoms with Crippen molar-refractivity contribution in [2.45, 2.75) is 20.8 Å². The first-order chi connectivity index (χ1) is 6.16. The van der Waals surface area contributed by atoms with Gasteiger partial charge in [0.2, 0.25) is 0 Å². The first-order valence-electron chi connectivity index (χ1n) is 4.25. The molecule has 0 fully saturated rings. The third kappa shape index (κ3) is 2.81. The molecule has 0 spiro atoms. The molecule has 0 saturated heterocycles. The number of aryl methyl sites for hydroxylation is 1. The molecule has 1 rings (SSSR count). The zero-order chi connectivity index (χ0) is 10.4. The summed E-state index contributed by atoms with van der Waals surface area (Å²) in [6.45, 7) is 5.91. The maximum Gasteiger partial charge on any atom is 0.160 e. The van der Waals surface area contributed by atoms with Gasteiger partial charge >= 0.3 is 0 Å². The second-order valence-corrected chi connectivity index (χ2v) is 2.70. The fraction of sp³-hybridized carbons (Fsp3) is 0.400. The van der Waals surface area contributed by atoms with Gasteiger partial charge in [0.1, 0.15) is 0 Å². The fourth-order valence-corrected chi connectivity index (χ4v) is 1.13. The number of rotatable bonds is 1. The van der Waals surface area contributed by atoms with Crippen molar-refractivity contribution >= 4 is 17.3 Å². The Balaban J connectivity index is 0.000000671. The molecule has 0 amide bonds. The van der Waals surface area contributed by atoms with Gasteiger partial charge in [-0.3, -0.25) is 0 Å². The van der Waals surface area contributed by atoms with E-state index in [9.17, 15) is 0 Å². The van der Waals surface area contributed by atoms with Gasteiger partial charge in [0, 0.05) is 0 Å². The van der Waals surface area contributed by atoms with E-state index in [-0.39, 0.29) is 0 Å². The molecule has 13 heavy (non-hydrogen) atoms. The van der Waals surface area contributed by atoms with Crippen LogP contribution in [0.3, 0.4) is 0 Å². The minimum absolute atomic E-state index is 0.562. The van der Waals surface area contributed by atoms with E-state index in [1.807, 2.05) is 26.8 Å². The number of ether oxygens (including phenoxy) is 1. The molecular formula is C10H16ClNO. The van der Waals surface area contributed by atoms with Crippen LogP contribution in [0.2, 0.25) is 5.02 Å². The average molecular weight is 202 g/mol. The Morgan fingerprint density at radius 1 is 1.31 bits per heavy atom. The molecule has 0 atom stereocenters. The van der Waals surface area contributed by atoms with Crippen molar-refractivity contribution in [3.63, 3.8) is 0 Å². The van der Waals surface area contributed by atoms with Crippen LogP contribution in [0.1, 0.15) is 19.4 Å². The van der Waals surface area contributed by atoms with E-state index in [0.717, 1.165) is 5.56 Å². The summed E-state index contributed by atoms with van der Waals surface area (Å²) in [5, 5.41) is 0.590. The summed E-state index contributed by atoms with van der Waals surface area (Å²) in [6, 6.07) is 3.64. The Bertz CT molecular complexity index is 274. The van der Waals surface area contributed by atoms with Gasteiger partial charge < -0.3 is 10.5 Å². The molecule has 0 unspecified atom stereocenters. The molecule has 0 radical (unpaired) electrons. The van der Waals surface area contributed by atoms with Crippen LogP contribution in [0.15, 0.2) is 12.1 Å². The monoisotopic (exact) mass is 201 g/mol. The lowest BCUT2D eigenvalue weighted by atomic mass is 10.2. The molecule has 0 bridgehead atoms. The Morgan fingerprint density at radius 2 is 1.85 bits per heavy atom. The molecule has 0 aliphatic rings. The molecular weight excluding hydrogens is 186 g/mol. The normalized spacial score (nSPS) is 8.69. The van der Waals surface area contributed by atoms with Gasteiger partial charge in [-0.2, -0.15) is 0 Å². The topological polar surface area (TPSA) is 35.2 Å². The smallest absolute Gasteiger partial charge is 0.160 e. The van der Waals surface area contributed by atoms with Gasteiger partial charge in [0.15, 0.2) is 5.75 Å². The lowest BCUT2D eigenvalue weighted by Crippen LogP contribution is -1.93. The number of nitrogens with two attached hydrogens (primary N) is 1. The number of nitrogen functional groups attached to an aromatic ring is 1. The van der Waals surface area contributed by atoms with Crippen molar-refractivity contribution in [3.8, 4) is 5.75 Å². The third-order valence-electron chi connectivity index (χ3n) is 1.52. The van der Waals surface area contributed by atoms with Gasteiger partial charge in [-0.15, -0.1) is 0 Å². The van der Waals surface area contributed by atoms with Crippen LogP contribution >= 0.6 is 11.6 Å². The molecule has 1 aromatic rings. The molecule has 0 saturated carbocycles. The first-order valence-corrected chi connectivity index (χ1v) is 4.63. The summed E-state index contributed by atoms with van der Waals surface area (Å²) < 4.78 is 5.00. The zero-order valence-electron chi connectivity index (χ0n) is 8.52. The second kappa shape index (κ2) is 5.70. The van der Waals surface area contributed by atoms with E-state index in [2.05, 4.69) is 0 Å². The number of anilines is 1. The maximum absolute atomic E-state index is 5.89. The summed E-state index contributed by atoms with van der Waals surface area (Å²) in [5.41, 5.74) is 7.13. The summed E-state index contributed by atoms with van der Waals surface area (Å²) in [5.74, 6) is 0.562. The van der Waals surface area contributed by atoms with Crippen LogP contribution in [-0.4, -0.2) is 7.11 Å². The van der Waals surface area contributed by atoms with Crippen LogP contribution in [0.25, 0.3) is 0 Å². The Hall–Kier alpha value is -0.890. The van der Waals surface area contributed by atoms with Gasteiger partial charge in [-0.1, -0.05) is 31.5 Å².